The number of fused-ring (bicyclic) bond motifs is 1. The summed E-state index contributed by atoms with van der Waals surface area (Å²) < 4.78 is 19.0. The minimum Gasteiger partial charge on any atom is -0.497 e. The minimum atomic E-state index is -0.706. The molecule has 0 unspecified atom stereocenters. The van der Waals surface area contributed by atoms with Gasteiger partial charge < -0.3 is 14.2 Å². The molecule has 0 amide bonds. The van der Waals surface area contributed by atoms with Crippen molar-refractivity contribution in [1.82, 2.24) is 4.57 Å². The molecule has 0 spiro atoms. The van der Waals surface area contributed by atoms with Crippen LogP contribution >= 0.6 is 11.3 Å². The topological polar surface area (TPSA) is 79.1 Å². The number of esters is 1. The van der Waals surface area contributed by atoms with Gasteiger partial charge in [-0.1, -0.05) is 65.9 Å². The maximum atomic E-state index is 14.0. The van der Waals surface area contributed by atoms with Gasteiger partial charge in [-0.25, -0.2) is 9.79 Å². The Labute approximate surface area is 248 Å². The number of benzene rings is 3. The second kappa shape index (κ2) is 12.9. The predicted octanol–water partition coefficient (Wildman–Crippen LogP) is 5.11. The Balaban J connectivity index is 1.58. The molecule has 1 aromatic heterocycles. The lowest BCUT2D eigenvalue weighted by Gasteiger charge is -2.25. The van der Waals surface area contributed by atoms with Crippen molar-refractivity contribution in [3.63, 3.8) is 0 Å². The number of nitrogens with zero attached hydrogens (tertiary/aromatic N) is 2. The third-order valence-corrected chi connectivity index (χ3v) is 7.89. The van der Waals surface area contributed by atoms with Crippen molar-refractivity contribution in [3.05, 3.63) is 139 Å². The number of carbonyl (C=O) groups is 1. The molecule has 7 nitrogen and oxygen atoms in total. The fourth-order valence-corrected chi connectivity index (χ4v) is 6.00. The summed E-state index contributed by atoms with van der Waals surface area (Å²) in [6.07, 6.45) is 4.30. The zero-order valence-corrected chi connectivity index (χ0v) is 24.6. The first kappa shape index (κ1) is 28.8. The van der Waals surface area contributed by atoms with Gasteiger partial charge in [0.2, 0.25) is 0 Å². The van der Waals surface area contributed by atoms with Gasteiger partial charge in [0.1, 0.15) is 18.1 Å². The van der Waals surface area contributed by atoms with Gasteiger partial charge in [-0.05, 0) is 72.9 Å². The van der Waals surface area contributed by atoms with Gasteiger partial charge in [0.25, 0.3) is 5.56 Å². The van der Waals surface area contributed by atoms with Crippen LogP contribution < -0.4 is 24.4 Å². The van der Waals surface area contributed by atoms with Crippen molar-refractivity contribution in [1.29, 1.82) is 0 Å². The highest BCUT2D eigenvalue weighted by Gasteiger charge is 2.33. The van der Waals surface area contributed by atoms with Crippen molar-refractivity contribution in [2.75, 3.05) is 13.7 Å². The molecule has 42 heavy (non-hydrogen) atoms. The molecule has 0 radical (unpaired) electrons. The molecule has 4 aromatic rings. The maximum Gasteiger partial charge on any atom is 0.338 e. The summed E-state index contributed by atoms with van der Waals surface area (Å²) in [6, 6.07) is 22.5. The highest BCUT2D eigenvalue weighted by Crippen LogP contribution is 2.32. The average molecular weight is 581 g/mol. The average Bonchev–Trinajstić information content (AvgIpc) is 3.30. The van der Waals surface area contributed by atoms with Crippen molar-refractivity contribution in [2.45, 2.75) is 32.9 Å². The molecule has 1 aliphatic heterocycles. The van der Waals surface area contributed by atoms with Gasteiger partial charge in [-0.3, -0.25) is 9.36 Å². The van der Waals surface area contributed by atoms with Gasteiger partial charge in [-0.15, -0.1) is 6.58 Å². The molecular formula is C34H32N2O5S. The minimum absolute atomic E-state index is 0.211. The number of hydrogen-bond acceptors (Lipinski definition) is 7. The second-order valence-electron chi connectivity index (χ2n) is 9.71. The molecule has 0 saturated carbocycles. The van der Waals surface area contributed by atoms with Gasteiger partial charge in [-0.2, -0.15) is 0 Å². The molecule has 1 aliphatic rings. The fraction of sp³-hybridized carbons (Fsp3) is 0.206. The largest absolute Gasteiger partial charge is 0.497 e. The third kappa shape index (κ3) is 5.99. The molecule has 0 saturated heterocycles. The number of thiazole rings is 1. The van der Waals surface area contributed by atoms with Crippen molar-refractivity contribution in [3.8, 4) is 11.5 Å². The van der Waals surface area contributed by atoms with Crippen LogP contribution in [-0.2, 0) is 22.6 Å². The normalized spacial score (nSPS) is 14.6. The fourth-order valence-electron chi connectivity index (χ4n) is 4.95. The summed E-state index contributed by atoms with van der Waals surface area (Å²) in [4.78, 5) is 32.3. The molecule has 3 aromatic carbocycles. The number of allylic oxidation sites excluding steroid dienone is 2. The van der Waals surface area contributed by atoms with Gasteiger partial charge in [0.05, 0.1) is 35.6 Å². The van der Waals surface area contributed by atoms with Crippen LogP contribution in [-0.4, -0.2) is 24.3 Å². The predicted molar refractivity (Wildman–Crippen MR) is 165 cm³/mol. The Morgan fingerprint density at radius 1 is 1.10 bits per heavy atom. The monoisotopic (exact) mass is 580 g/mol. The lowest BCUT2D eigenvalue weighted by Crippen LogP contribution is -2.39. The molecule has 8 heteroatoms. The number of ether oxygens (including phenoxy) is 3. The summed E-state index contributed by atoms with van der Waals surface area (Å²) >= 11 is 1.29. The van der Waals surface area contributed by atoms with E-state index in [2.05, 4.69) is 11.6 Å². The Bertz CT molecular complexity index is 1840. The van der Waals surface area contributed by atoms with Crippen LogP contribution in [0, 0.1) is 0 Å². The van der Waals surface area contributed by atoms with E-state index in [1.165, 1.54) is 11.3 Å². The highest BCUT2D eigenvalue weighted by molar-refractivity contribution is 7.07. The molecule has 0 N–H and O–H groups in total. The third-order valence-electron chi connectivity index (χ3n) is 6.91. The van der Waals surface area contributed by atoms with Crippen molar-refractivity contribution < 1.29 is 19.0 Å². The van der Waals surface area contributed by atoms with E-state index in [1.54, 1.807) is 25.5 Å². The summed E-state index contributed by atoms with van der Waals surface area (Å²) in [7, 11) is 1.58. The van der Waals surface area contributed by atoms with Crippen LogP contribution in [0.5, 0.6) is 11.5 Å². The van der Waals surface area contributed by atoms with E-state index in [9.17, 15) is 9.59 Å². The maximum absolute atomic E-state index is 14.0. The summed E-state index contributed by atoms with van der Waals surface area (Å²) in [5.41, 5.74) is 4.23. The molecule has 214 valence electrons. The van der Waals surface area contributed by atoms with E-state index < -0.39 is 12.0 Å². The number of hydrogen-bond donors (Lipinski definition) is 0. The van der Waals surface area contributed by atoms with E-state index >= 15 is 0 Å². The van der Waals surface area contributed by atoms with Gasteiger partial charge >= 0.3 is 5.97 Å². The number of aromatic nitrogens is 1. The summed E-state index contributed by atoms with van der Waals surface area (Å²) in [6.45, 7) is 8.08. The summed E-state index contributed by atoms with van der Waals surface area (Å²) in [5, 5.41) is 0. The molecule has 2 heterocycles. The van der Waals surface area contributed by atoms with Crippen LogP contribution in [0.25, 0.3) is 6.08 Å². The van der Waals surface area contributed by atoms with Crippen molar-refractivity contribution in [2.24, 2.45) is 4.99 Å². The van der Waals surface area contributed by atoms with E-state index in [4.69, 9.17) is 14.2 Å². The lowest BCUT2D eigenvalue weighted by molar-refractivity contribution is -0.139. The number of rotatable bonds is 10. The van der Waals surface area contributed by atoms with E-state index in [-0.39, 0.29) is 12.2 Å². The van der Waals surface area contributed by atoms with Crippen molar-refractivity contribution >= 4 is 23.4 Å². The zero-order chi connectivity index (χ0) is 29.6. The van der Waals surface area contributed by atoms with Crippen LogP contribution in [0.4, 0.5) is 0 Å². The van der Waals surface area contributed by atoms with E-state index in [0.29, 0.717) is 39.4 Å². The Morgan fingerprint density at radius 3 is 2.64 bits per heavy atom. The van der Waals surface area contributed by atoms with E-state index in [1.807, 2.05) is 84.9 Å². The smallest absolute Gasteiger partial charge is 0.338 e. The Morgan fingerprint density at radius 2 is 1.90 bits per heavy atom. The highest BCUT2D eigenvalue weighted by atomic mass is 32.1. The first-order valence-electron chi connectivity index (χ1n) is 13.7. The van der Waals surface area contributed by atoms with Gasteiger partial charge in [0.15, 0.2) is 4.80 Å². The molecular weight excluding hydrogens is 548 g/mol. The Kier molecular flexibility index (Phi) is 8.83. The summed E-state index contributed by atoms with van der Waals surface area (Å²) in [5.74, 6) is 0.892. The lowest BCUT2D eigenvalue weighted by atomic mass is 9.95. The van der Waals surface area contributed by atoms with Crippen LogP contribution in [0.3, 0.4) is 0 Å². The quantitative estimate of drug-likeness (QED) is 0.192. The standard InChI is InChI=1S/C34H32N2O5S/c1-5-11-25-18-24(16-17-28(25)41-21-23-12-8-7-9-13-23)19-29-32(37)36-31(26-14-10-15-27(20-26)39-4)30(33(38)40-6-2)22(3)35-34(36)42-29/h5,7-10,12-20,31H,1,6,11,21H2,2-4H3/b29-19+/t31-/m1/s1. The molecule has 0 aliphatic carbocycles. The van der Waals surface area contributed by atoms with Gasteiger partial charge in [0, 0.05) is 0 Å². The number of methoxy groups -OCH3 is 1. The van der Waals surface area contributed by atoms with Crippen LogP contribution in [0.2, 0.25) is 0 Å². The van der Waals surface area contributed by atoms with E-state index in [0.717, 1.165) is 28.0 Å². The molecule has 0 bridgehead atoms. The number of carbonyl (C=O) groups excluding carboxylic acids is 1. The first-order valence-corrected chi connectivity index (χ1v) is 14.5. The molecule has 0 fully saturated rings. The zero-order valence-electron chi connectivity index (χ0n) is 23.8. The SMILES string of the molecule is C=CCc1cc(/C=c2/sc3n(c2=O)[C@H](c2cccc(OC)c2)C(C(=O)OCC)=C(C)N=3)ccc1OCc1ccccc1. The van der Waals surface area contributed by atoms with Crippen LogP contribution in [0.1, 0.15) is 42.1 Å². The van der Waals surface area contributed by atoms with Crippen LogP contribution in [0.15, 0.2) is 107 Å². The Hall–Kier alpha value is -4.69. The molecule has 1 atom stereocenters. The first-order chi connectivity index (χ1) is 20.4. The molecule has 5 rings (SSSR count). The second-order valence-corrected chi connectivity index (χ2v) is 10.7.